The molecule has 3 heteroatoms. The van der Waals surface area contributed by atoms with E-state index in [1.807, 2.05) is 18.2 Å². The lowest BCUT2D eigenvalue weighted by Gasteiger charge is -1.94. The van der Waals surface area contributed by atoms with Gasteiger partial charge in [0.15, 0.2) is 0 Å². The number of hydrogen-bond donors (Lipinski definition) is 1. The van der Waals surface area contributed by atoms with Crippen LogP contribution in [0.3, 0.4) is 0 Å². The molecule has 0 aromatic heterocycles. The highest BCUT2D eigenvalue weighted by Gasteiger charge is 1.94. The van der Waals surface area contributed by atoms with Gasteiger partial charge in [-0.25, -0.2) is 0 Å². The van der Waals surface area contributed by atoms with Crippen molar-refractivity contribution in [3.63, 3.8) is 0 Å². The van der Waals surface area contributed by atoms with Gasteiger partial charge < -0.3 is 0 Å². The molecule has 2 radical (unpaired) electrons. The third kappa shape index (κ3) is 1.70. The molecule has 0 nitrogen and oxygen atoms in total. The zero-order chi connectivity index (χ0) is 6.85. The molecule has 0 aliphatic carbocycles. The maximum Gasteiger partial charge on any atom is 0.149 e. The van der Waals surface area contributed by atoms with Gasteiger partial charge in [-0.3, -0.25) is 0 Å². The van der Waals surface area contributed by atoms with E-state index in [0.717, 1.165) is 9.79 Å². The van der Waals surface area contributed by atoms with E-state index in [0.29, 0.717) is 5.46 Å². The van der Waals surface area contributed by atoms with Gasteiger partial charge >= 0.3 is 0 Å². The second-order valence-electron chi connectivity index (χ2n) is 1.77. The Bertz CT molecular complexity index is 222. The Morgan fingerprint density at radius 3 is 2.56 bits per heavy atom. The topological polar surface area (TPSA) is 0 Å². The molecule has 0 atom stereocenters. The highest BCUT2D eigenvalue weighted by molar-refractivity contribution is 7.80. The van der Waals surface area contributed by atoms with Crippen LogP contribution in [-0.2, 0) is 12.6 Å². The van der Waals surface area contributed by atoms with Crippen molar-refractivity contribution in [3.8, 4) is 0 Å². The molecular weight excluding hydrogens is 147 g/mol. The summed E-state index contributed by atoms with van der Waals surface area (Å²) in [7, 11) is 5.51. The van der Waals surface area contributed by atoms with Gasteiger partial charge in [-0.2, -0.15) is 0 Å². The monoisotopic (exact) mass is 153 g/mol. The quantitative estimate of drug-likeness (QED) is 0.306. The van der Waals surface area contributed by atoms with Crippen molar-refractivity contribution < 1.29 is 0 Å². The van der Waals surface area contributed by atoms with Crippen LogP contribution in [0.4, 0.5) is 0 Å². The normalized spacial score (nSPS) is 9.56. The zero-order valence-electron chi connectivity index (χ0n) is 4.76. The molecule has 0 saturated carbocycles. The van der Waals surface area contributed by atoms with Crippen molar-refractivity contribution in [2.45, 2.75) is 9.79 Å². The molecule has 0 spiro atoms. The summed E-state index contributed by atoms with van der Waals surface area (Å²) in [5, 5.41) is 0. The largest absolute Gasteiger partial charge is 0.149 e. The highest BCUT2D eigenvalue weighted by atomic mass is 32.1. The van der Waals surface area contributed by atoms with E-state index >= 15 is 0 Å². The third-order valence-corrected chi connectivity index (χ3v) is 1.75. The van der Waals surface area contributed by atoms with Crippen LogP contribution in [0.5, 0.6) is 0 Å². The van der Waals surface area contributed by atoms with Crippen molar-refractivity contribution in [3.05, 3.63) is 18.2 Å². The van der Waals surface area contributed by atoms with Gasteiger partial charge in [0.05, 0.1) is 0 Å². The number of thiol groups is 1. The molecule has 1 rings (SSSR count). The van der Waals surface area contributed by atoms with Crippen LogP contribution in [0.2, 0.25) is 0 Å². The fourth-order valence-electron chi connectivity index (χ4n) is 0.555. The van der Waals surface area contributed by atoms with E-state index in [9.17, 15) is 0 Å². The van der Waals surface area contributed by atoms with Crippen LogP contribution in [0.15, 0.2) is 28.0 Å². The first kappa shape index (κ1) is 7.10. The van der Waals surface area contributed by atoms with Crippen LogP contribution >= 0.6 is 12.6 Å². The first-order chi connectivity index (χ1) is 4.20. The van der Waals surface area contributed by atoms with E-state index in [1.165, 1.54) is 0 Å². The smallest absolute Gasteiger partial charge is 0.144 e. The summed E-state index contributed by atoms with van der Waals surface area (Å²) in [5.41, 5.74) is 0.700. The predicted molar refractivity (Wildman–Crippen MR) is 47.5 cm³/mol. The fraction of sp³-hybridized carbons (Fsp3) is 0. The molecule has 0 saturated heterocycles. The Hall–Kier alpha value is -0.0151. The fourth-order valence-corrected chi connectivity index (χ4v) is 0.932. The zero-order valence-corrected chi connectivity index (χ0v) is 6.65. The lowest BCUT2D eigenvalue weighted by Crippen LogP contribution is -2.03. The first-order valence-corrected chi connectivity index (χ1v) is 3.45. The Kier molecular flexibility index (Phi) is 2.14. The van der Waals surface area contributed by atoms with Gasteiger partial charge in [0.2, 0.25) is 0 Å². The first-order valence-electron chi connectivity index (χ1n) is 2.50. The van der Waals surface area contributed by atoms with Gasteiger partial charge in [0.1, 0.15) is 12.7 Å². The highest BCUT2D eigenvalue weighted by Crippen LogP contribution is 2.02. The number of benzene rings is 1. The molecule has 0 aliphatic rings. The summed E-state index contributed by atoms with van der Waals surface area (Å²) < 4.78 is 0. The molecule has 0 N–H and O–H groups in total. The predicted octanol–water partition coefficient (Wildman–Crippen LogP) is 0.140. The summed E-state index contributed by atoms with van der Waals surface area (Å²) in [4.78, 5) is 1.79. The molecule has 9 heavy (non-hydrogen) atoms. The maximum atomic E-state index is 5.51. The molecular formula is C6H6BS2+. The van der Waals surface area contributed by atoms with E-state index in [1.54, 1.807) is 0 Å². The van der Waals surface area contributed by atoms with Crippen LogP contribution in [0.1, 0.15) is 0 Å². The van der Waals surface area contributed by atoms with Crippen molar-refractivity contribution in [1.82, 2.24) is 0 Å². The molecule has 44 valence electrons. The molecule has 0 bridgehead atoms. The minimum atomic E-state index is 0.700. The van der Waals surface area contributed by atoms with Crippen molar-refractivity contribution in [1.29, 1.82) is 0 Å². The summed E-state index contributed by atoms with van der Waals surface area (Å²) in [5.74, 6) is 0. The Balaban J connectivity index is 3.17. The molecule has 0 amide bonds. The van der Waals surface area contributed by atoms with E-state index in [4.69, 9.17) is 7.85 Å². The number of hydrogen-bond acceptors (Lipinski definition) is 1. The average Bonchev–Trinajstić information content (AvgIpc) is 1.80. The van der Waals surface area contributed by atoms with E-state index in [2.05, 4.69) is 25.3 Å². The van der Waals surface area contributed by atoms with Gasteiger partial charge in [-0.05, 0) is 35.7 Å². The third-order valence-electron chi connectivity index (χ3n) is 1.03. The molecule has 0 fully saturated rings. The molecule has 0 heterocycles. The summed E-state index contributed by atoms with van der Waals surface area (Å²) in [6.45, 7) is 0. The van der Waals surface area contributed by atoms with Gasteiger partial charge in [0, 0.05) is 0 Å². The van der Waals surface area contributed by atoms with Crippen molar-refractivity contribution in [2.24, 2.45) is 0 Å². The van der Waals surface area contributed by atoms with Crippen LogP contribution in [0, 0.1) is 0 Å². The van der Waals surface area contributed by atoms with Gasteiger partial charge in [0.25, 0.3) is 0 Å². The average molecular weight is 153 g/mol. The Morgan fingerprint density at radius 1 is 1.44 bits per heavy atom. The summed E-state index contributed by atoms with van der Waals surface area (Å²) >= 11 is 7.43. The van der Waals surface area contributed by atoms with Gasteiger partial charge in [-0.15, -0.1) is 12.6 Å². The summed E-state index contributed by atoms with van der Waals surface area (Å²) in [6, 6.07) is 5.57. The SMILES string of the molecule is [B]c1cc([SH2+])ccc1S. The lowest BCUT2D eigenvalue weighted by atomic mass is 9.97. The Morgan fingerprint density at radius 2 is 2.11 bits per heavy atom. The Labute approximate surface area is 66.9 Å². The molecule has 1 aromatic rings. The standard InChI is InChI=1S/C6H5BS2/c7-5-3-4(8)1-2-6(5)9/h1-3,8-9H/p+1. The van der Waals surface area contributed by atoms with Crippen molar-refractivity contribution >= 4 is 38.6 Å². The molecule has 0 unspecified atom stereocenters. The molecule has 0 aliphatic heterocycles. The minimum absolute atomic E-state index is 0.700. The second kappa shape index (κ2) is 2.71. The minimum Gasteiger partial charge on any atom is -0.144 e. The van der Waals surface area contributed by atoms with E-state index in [-0.39, 0.29) is 0 Å². The van der Waals surface area contributed by atoms with Crippen LogP contribution in [0.25, 0.3) is 0 Å². The lowest BCUT2D eigenvalue weighted by molar-refractivity contribution is 1.41. The second-order valence-corrected chi connectivity index (χ2v) is 2.83. The molecule has 1 aromatic carbocycles. The number of rotatable bonds is 0. The van der Waals surface area contributed by atoms with Crippen LogP contribution < -0.4 is 5.46 Å². The van der Waals surface area contributed by atoms with E-state index < -0.39 is 0 Å². The van der Waals surface area contributed by atoms with Gasteiger partial charge in [-0.1, -0.05) is 5.46 Å². The van der Waals surface area contributed by atoms with Crippen molar-refractivity contribution in [2.75, 3.05) is 0 Å². The van der Waals surface area contributed by atoms with Crippen LogP contribution in [-0.4, -0.2) is 7.85 Å². The summed E-state index contributed by atoms with van der Waals surface area (Å²) in [6.07, 6.45) is 0. The maximum absolute atomic E-state index is 5.51.